The molecular weight excluding hydrogens is 178 g/mol. The Balaban J connectivity index is 2.30. The van der Waals surface area contributed by atoms with E-state index >= 15 is 0 Å². The van der Waals surface area contributed by atoms with Crippen molar-refractivity contribution in [2.24, 2.45) is 0 Å². The zero-order valence-corrected chi connectivity index (χ0v) is 8.03. The van der Waals surface area contributed by atoms with Crippen molar-refractivity contribution in [3.8, 4) is 0 Å². The highest BCUT2D eigenvalue weighted by Gasteiger charge is 2.29. The fraction of sp³-hybridized carbons (Fsp3) is 0.364. The van der Waals surface area contributed by atoms with Crippen LogP contribution in [-0.2, 0) is 4.79 Å². The Kier molecular flexibility index (Phi) is 2.15. The Morgan fingerprint density at radius 3 is 2.93 bits per heavy atom. The summed E-state index contributed by atoms with van der Waals surface area (Å²) in [6, 6.07) is 8.12. The van der Waals surface area contributed by atoms with Gasteiger partial charge >= 0.3 is 5.97 Å². The van der Waals surface area contributed by atoms with Crippen LogP contribution >= 0.6 is 0 Å². The lowest BCUT2D eigenvalue weighted by Gasteiger charge is -2.13. The summed E-state index contributed by atoms with van der Waals surface area (Å²) in [7, 11) is 0. The molecule has 0 bridgehead atoms. The molecule has 0 spiro atoms. The molecule has 14 heavy (non-hydrogen) atoms. The van der Waals surface area contributed by atoms with E-state index in [0.29, 0.717) is 0 Å². The second kappa shape index (κ2) is 3.33. The molecule has 0 aliphatic carbocycles. The van der Waals surface area contributed by atoms with Crippen LogP contribution in [0.25, 0.3) is 0 Å². The summed E-state index contributed by atoms with van der Waals surface area (Å²) in [4.78, 5) is 10.7. The SMILES string of the molecule is C[C@@H]1Nc2ccccc2[C@@H]1CC(=O)O. The number of fused-ring (bicyclic) bond motifs is 1. The standard InChI is InChI=1S/C11H13NO2/c1-7-9(6-11(13)14)8-4-2-3-5-10(8)12-7/h2-5,7,9,12H,6H2,1H3,(H,13,14)/t7-,9+/m0/s1. The van der Waals surface area contributed by atoms with Crippen molar-refractivity contribution in [3.05, 3.63) is 29.8 Å². The minimum absolute atomic E-state index is 0.101. The first kappa shape index (κ1) is 9.06. The molecule has 1 aliphatic rings. The summed E-state index contributed by atoms with van der Waals surface area (Å²) in [6.07, 6.45) is 0.200. The van der Waals surface area contributed by atoms with Gasteiger partial charge in [0.1, 0.15) is 0 Å². The molecule has 2 N–H and O–H groups in total. The van der Waals surface area contributed by atoms with Crippen LogP contribution in [0.15, 0.2) is 24.3 Å². The van der Waals surface area contributed by atoms with Crippen LogP contribution in [0.4, 0.5) is 5.69 Å². The Morgan fingerprint density at radius 1 is 1.50 bits per heavy atom. The van der Waals surface area contributed by atoms with Crippen molar-refractivity contribution in [3.63, 3.8) is 0 Å². The van der Waals surface area contributed by atoms with Gasteiger partial charge in [-0.05, 0) is 18.6 Å². The topological polar surface area (TPSA) is 49.3 Å². The van der Waals surface area contributed by atoms with Crippen LogP contribution in [0.1, 0.15) is 24.8 Å². The van der Waals surface area contributed by atoms with Crippen LogP contribution in [-0.4, -0.2) is 17.1 Å². The molecule has 2 rings (SSSR count). The minimum atomic E-state index is -0.736. The zero-order valence-electron chi connectivity index (χ0n) is 8.03. The molecule has 0 amide bonds. The predicted molar refractivity (Wildman–Crippen MR) is 54.5 cm³/mol. The van der Waals surface area contributed by atoms with E-state index in [0.717, 1.165) is 11.3 Å². The maximum atomic E-state index is 10.7. The lowest BCUT2D eigenvalue weighted by molar-refractivity contribution is -0.137. The van der Waals surface area contributed by atoms with Crippen molar-refractivity contribution >= 4 is 11.7 Å². The van der Waals surface area contributed by atoms with Crippen LogP contribution in [0, 0.1) is 0 Å². The van der Waals surface area contributed by atoms with Crippen molar-refractivity contribution in [1.29, 1.82) is 0 Å². The highest BCUT2D eigenvalue weighted by Crippen LogP contribution is 2.37. The number of rotatable bonds is 2. The van der Waals surface area contributed by atoms with Crippen molar-refractivity contribution < 1.29 is 9.90 Å². The first-order valence-corrected chi connectivity index (χ1v) is 4.75. The number of hydrogen-bond donors (Lipinski definition) is 2. The first-order chi connectivity index (χ1) is 6.68. The van der Waals surface area contributed by atoms with Gasteiger partial charge in [-0.2, -0.15) is 0 Å². The van der Waals surface area contributed by atoms with Gasteiger partial charge in [0.2, 0.25) is 0 Å². The Morgan fingerprint density at radius 2 is 2.21 bits per heavy atom. The Hall–Kier alpha value is -1.51. The average molecular weight is 191 g/mol. The Labute approximate surface area is 82.8 Å². The molecule has 0 aromatic heterocycles. The summed E-state index contributed by atoms with van der Waals surface area (Å²) < 4.78 is 0. The third kappa shape index (κ3) is 1.45. The van der Waals surface area contributed by atoms with Gasteiger partial charge in [0.25, 0.3) is 0 Å². The maximum absolute atomic E-state index is 10.7. The maximum Gasteiger partial charge on any atom is 0.304 e. The minimum Gasteiger partial charge on any atom is -0.481 e. The molecule has 1 aromatic rings. The molecule has 1 aliphatic heterocycles. The normalized spacial score (nSPS) is 24.1. The largest absolute Gasteiger partial charge is 0.481 e. The van der Waals surface area contributed by atoms with E-state index in [2.05, 4.69) is 5.32 Å². The fourth-order valence-electron chi connectivity index (χ4n) is 2.04. The summed E-state index contributed by atoms with van der Waals surface area (Å²) >= 11 is 0. The third-order valence-corrected chi connectivity index (χ3v) is 2.74. The van der Waals surface area contributed by atoms with Gasteiger partial charge in [-0.3, -0.25) is 4.79 Å². The highest BCUT2D eigenvalue weighted by molar-refractivity contribution is 5.71. The molecule has 1 heterocycles. The molecule has 0 unspecified atom stereocenters. The third-order valence-electron chi connectivity index (χ3n) is 2.74. The average Bonchev–Trinajstić information content (AvgIpc) is 2.43. The van der Waals surface area contributed by atoms with E-state index in [1.807, 2.05) is 31.2 Å². The first-order valence-electron chi connectivity index (χ1n) is 4.75. The van der Waals surface area contributed by atoms with Gasteiger partial charge in [0.05, 0.1) is 6.42 Å². The van der Waals surface area contributed by atoms with E-state index < -0.39 is 5.97 Å². The molecule has 0 saturated carbocycles. The second-order valence-electron chi connectivity index (χ2n) is 3.72. The smallest absolute Gasteiger partial charge is 0.304 e. The number of carboxylic acids is 1. The number of carboxylic acid groups (broad SMARTS) is 1. The number of para-hydroxylation sites is 1. The molecular formula is C11H13NO2. The van der Waals surface area contributed by atoms with Gasteiger partial charge in [0, 0.05) is 17.6 Å². The van der Waals surface area contributed by atoms with Crippen LogP contribution < -0.4 is 5.32 Å². The van der Waals surface area contributed by atoms with Gasteiger partial charge < -0.3 is 10.4 Å². The predicted octanol–water partition coefficient (Wildman–Crippen LogP) is 2.06. The van der Waals surface area contributed by atoms with E-state index in [-0.39, 0.29) is 18.4 Å². The number of nitrogens with one attached hydrogen (secondary N) is 1. The molecule has 74 valence electrons. The van der Waals surface area contributed by atoms with Gasteiger partial charge in [-0.25, -0.2) is 0 Å². The van der Waals surface area contributed by atoms with E-state index in [1.54, 1.807) is 0 Å². The van der Waals surface area contributed by atoms with Crippen molar-refractivity contribution in [2.45, 2.75) is 25.3 Å². The second-order valence-corrected chi connectivity index (χ2v) is 3.72. The van der Waals surface area contributed by atoms with E-state index in [4.69, 9.17) is 5.11 Å². The zero-order chi connectivity index (χ0) is 10.1. The molecule has 2 atom stereocenters. The van der Waals surface area contributed by atoms with E-state index in [1.165, 1.54) is 0 Å². The number of carbonyl (C=O) groups is 1. The van der Waals surface area contributed by atoms with Gasteiger partial charge in [-0.1, -0.05) is 18.2 Å². The van der Waals surface area contributed by atoms with Crippen LogP contribution in [0.5, 0.6) is 0 Å². The summed E-state index contributed by atoms with van der Waals surface area (Å²) in [5, 5.41) is 12.1. The monoisotopic (exact) mass is 191 g/mol. The molecule has 0 saturated heterocycles. The number of hydrogen-bond acceptors (Lipinski definition) is 2. The lowest BCUT2D eigenvalue weighted by Crippen LogP contribution is -2.18. The summed E-state index contributed by atoms with van der Waals surface area (Å²) in [6.45, 7) is 2.02. The Bertz CT molecular complexity index is 362. The number of anilines is 1. The molecule has 0 fully saturated rings. The summed E-state index contributed by atoms with van der Waals surface area (Å²) in [5.41, 5.74) is 2.20. The van der Waals surface area contributed by atoms with Gasteiger partial charge in [0.15, 0.2) is 0 Å². The van der Waals surface area contributed by atoms with Gasteiger partial charge in [-0.15, -0.1) is 0 Å². The summed E-state index contributed by atoms with van der Waals surface area (Å²) in [5.74, 6) is -0.635. The van der Waals surface area contributed by atoms with Crippen LogP contribution in [0.2, 0.25) is 0 Å². The lowest BCUT2D eigenvalue weighted by atomic mass is 9.93. The number of benzene rings is 1. The molecule has 1 aromatic carbocycles. The van der Waals surface area contributed by atoms with Crippen LogP contribution in [0.3, 0.4) is 0 Å². The van der Waals surface area contributed by atoms with Crippen molar-refractivity contribution in [1.82, 2.24) is 0 Å². The molecule has 3 heteroatoms. The van der Waals surface area contributed by atoms with Crippen molar-refractivity contribution in [2.75, 3.05) is 5.32 Å². The number of aliphatic carboxylic acids is 1. The fourth-order valence-corrected chi connectivity index (χ4v) is 2.04. The van der Waals surface area contributed by atoms with E-state index in [9.17, 15) is 4.79 Å². The quantitative estimate of drug-likeness (QED) is 0.752. The highest BCUT2D eigenvalue weighted by atomic mass is 16.4. The molecule has 0 radical (unpaired) electrons. The molecule has 3 nitrogen and oxygen atoms in total.